The molecule has 2 aromatic heterocycles. The first kappa shape index (κ1) is 12.0. The Morgan fingerprint density at radius 3 is 2.68 bits per heavy atom. The van der Waals surface area contributed by atoms with Gasteiger partial charge in [-0.2, -0.15) is 0 Å². The van der Waals surface area contributed by atoms with Crippen molar-refractivity contribution in [3.05, 3.63) is 52.8 Å². The molecular formula is C14H11BrN2O2. The summed E-state index contributed by atoms with van der Waals surface area (Å²) in [5.41, 5.74) is 2.94. The fourth-order valence-corrected chi connectivity index (χ4v) is 2.26. The Kier molecular flexibility index (Phi) is 2.91. The number of fused-ring (bicyclic) bond motifs is 1. The molecule has 1 aromatic carbocycles. The van der Waals surface area contributed by atoms with E-state index in [1.165, 1.54) is 0 Å². The molecule has 3 aromatic rings. The Morgan fingerprint density at radius 2 is 2.00 bits per heavy atom. The first-order valence-corrected chi connectivity index (χ1v) is 6.54. The maximum Gasteiger partial charge on any atom is 0.272 e. The minimum Gasteiger partial charge on any atom is -0.463 e. The maximum atomic E-state index is 12.2. The smallest absolute Gasteiger partial charge is 0.272 e. The van der Waals surface area contributed by atoms with Crippen molar-refractivity contribution in [3.8, 4) is 0 Å². The van der Waals surface area contributed by atoms with E-state index in [1.807, 2.05) is 41.9 Å². The van der Waals surface area contributed by atoms with Crippen molar-refractivity contribution >= 4 is 38.6 Å². The summed E-state index contributed by atoms with van der Waals surface area (Å²) >= 11 is 3.36. The number of nitrogens with one attached hydrogen (secondary N) is 1. The average molecular weight is 319 g/mol. The molecule has 0 spiro atoms. The number of hydrogen-bond donors (Lipinski definition) is 1. The summed E-state index contributed by atoms with van der Waals surface area (Å²) in [6.45, 7) is 0. The summed E-state index contributed by atoms with van der Waals surface area (Å²) in [4.78, 5) is 12.2. The normalized spacial score (nSPS) is 10.8. The molecule has 19 heavy (non-hydrogen) atoms. The van der Waals surface area contributed by atoms with Gasteiger partial charge in [-0.05, 0) is 24.3 Å². The number of rotatable bonds is 2. The summed E-state index contributed by atoms with van der Waals surface area (Å²) in [5.74, 6) is -0.156. The number of amides is 1. The van der Waals surface area contributed by atoms with Gasteiger partial charge >= 0.3 is 0 Å². The summed E-state index contributed by atoms with van der Waals surface area (Å²) < 4.78 is 8.07. The predicted octanol–water partition coefficient (Wildman–Crippen LogP) is 3.79. The minimum atomic E-state index is -0.156. The Bertz CT molecular complexity index is 740. The van der Waals surface area contributed by atoms with E-state index in [9.17, 15) is 4.79 Å². The molecule has 0 saturated heterocycles. The highest BCUT2D eigenvalue weighted by Gasteiger charge is 2.15. The molecule has 0 bridgehead atoms. The molecule has 96 valence electrons. The number of halogens is 1. The van der Waals surface area contributed by atoms with Crippen molar-refractivity contribution in [2.45, 2.75) is 0 Å². The van der Waals surface area contributed by atoms with E-state index < -0.39 is 0 Å². The van der Waals surface area contributed by atoms with E-state index in [4.69, 9.17) is 4.42 Å². The molecule has 3 rings (SSSR count). The summed E-state index contributed by atoms with van der Waals surface area (Å²) in [6.07, 6.45) is 1.61. The van der Waals surface area contributed by atoms with Crippen LogP contribution in [0.4, 0.5) is 5.69 Å². The molecule has 0 aliphatic heterocycles. The van der Waals surface area contributed by atoms with E-state index in [1.54, 1.807) is 12.3 Å². The Labute approximate surface area is 118 Å². The molecule has 0 fully saturated rings. The molecule has 0 radical (unpaired) electrons. The monoisotopic (exact) mass is 318 g/mol. The highest BCUT2D eigenvalue weighted by Crippen LogP contribution is 2.21. The van der Waals surface area contributed by atoms with Crippen LogP contribution in [0.1, 0.15) is 10.5 Å². The van der Waals surface area contributed by atoms with E-state index in [0.717, 1.165) is 15.7 Å². The van der Waals surface area contributed by atoms with Gasteiger partial charge in [0.25, 0.3) is 5.91 Å². The standard InChI is InChI=1S/C14H11BrN2O2/c1-17-11-6-7-19-13(11)8-12(17)14(18)16-10-4-2-9(15)3-5-10/h2-8H,1H3,(H,16,18). The lowest BCUT2D eigenvalue weighted by molar-refractivity contribution is 0.101. The predicted molar refractivity (Wildman–Crippen MR) is 77.3 cm³/mol. The molecule has 4 nitrogen and oxygen atoms in total. The van der Waals surface area contributed by atoms with Crippen molar-refractivity contribution in [2.75, 3.05) is 5.32 Å². The van der Waals surface area contributed by atoms with Gasteiger partial charge in [0.15, 0.2) is 5.58 Å². The van der Waals surface area contributed by atoms with Crippen LogP contribution in [0.3, 0.4) is 0 Å². The number of hydrogen-bond acceptors (Lipinski definition) is 2. The number of benzene rings is 1. The SMILES string of the molecule is Cn1c(C(=O)Nc2ccc(Br)cc2)cc2occc21. The van der Waals surface area contributed by atoms with Crippen molar-refractivity contribution in [1.29, 1.82) is 0 Å². The Morgan fingerprint density at radius 1 is 1.26 bits per heavy atom. The fraction of sp³-hybridized carbons (Fsp3) is 0.0714. The van der Waals surface area contributed by atoms with Crippen molar-refractivity contribution in [1.82, 2.24) is 4.57 Å². The second-order valence-corrected chi connectivity index (χ2v) is 5.14. The van der Waals surface area contributed by atoms with Crippen LogP contribution in [0.15, 0.2) is 51.6 Å². The molecule has 0 aliphatic carbocycles. The van der Waals surface area contributed by atoms with Crippen LogP contribution in [-0.4, -0.2) is 10.5 Å². The van der Waals surface area contributed by atoms with E-state index in [2.05, 4.69) is 21.2 Å². The number of aromatic nitrogens is 1. The number of carbonyl (C=O) groups excluding carboxylic acids is 1. The number of nitrogens with zero attached hydrogens (tertiary/aromatic N) is 1. The lowest BCUT2D eigenvalue weighted by Gasteiger charge is -2.06. The second-order valence-electron chi connectivity index (χ2n) is 4.22. The van der Waals surface area contributed by atoms with Gasteiger partial charge in [-0.1, -0.05) is 15.9 Å². The molecule has 0 unspecified atom stereocenters. The molecule has 0 atom stereocenters. The summed E-state index contributed by atoms with van der Waals surface area (Å²) in [7, 11) is 1.84. The molecule has 5 heteroatoms. The van der Waals surface area contributed by atoms with E-state index in [-0.39, 0.29) is 5.91 Å². The van der Waals surface area contributed by atoms with E-state index >= 15 is 0 Å². The quantitative estimate of drug-likeness (QED) is 0.781. The zero-order valence-corrected chi connectivity index (χ0v) is 11.8. The van der Waals surface area contributed by atoms with Gasteiger partial charge in [0, 0.05) is 29.3 Å². The van der Waals surface area contributed by atoms with Gasteiger partial charge in [0.2, 0.25) is 0 Å². The van der Waals surface area contributed by atoms with Crippen LogP contribution in [-0.2, 0) is 7.05 Å². The molecule has 0 saturated carbocycles. The second kappa shape index (κ2) is 4.59. The van der Waals surface area contributed by atoms with E-state index in [0.29, 0.717) is 11.3 Å². The van der Waals surface area contributed by atoms with Gasteiger partial charge < -0.3 is 14.3 Å². The number of furan rings is 1. The zero-order valence-electron chi connectivity index (χ0n) is 10.2. The Hall–Kier alpha value is -2.01. The number of aryl methyl sites for hydroxylation is 1. The van der Waals surface area contributed by atoms with Gasteiger partial charge in [0.1, 0.15) is 5.69 Å². The molecule has 0 aliphatic rings. The highest BCUT2D eigenvalue weighted by atomic mass is 79.9. The molecule has 2 heterocycles. The summed E-state index contributed by atoms with van der Waals surface area (Å²) in [5, 5.41) is 2.85. The zero-order chi connectivity index (χ0) is 13.4. The van der Waals surface area contributed by atoms with Crippen molar-refractivity contribution in [3.63, 3.8) is 0 Å². The molecular weight excluding hydrogens is 308 g/mol. The lowest BCUT2D eigenvalue weighted by Crippen LogP contribution is -2.15. The average Bonchev–Trinajstić information content (AvgIpc) is 2.96. The fourth-order valence-electron chi connectivity index (χ4n) is 2.00. The van der Waals surface area contributed by atoms with Gasteiger partial charge in [-0.15, -0.1) is 0 Å². The van der Waals surface area contributed by atoms with Crippen LogP contribution in [0.2, 0.25) is 0 Å². The minimum absolute atomic E-state index is 0.156. The highest BCUT2D eigenvalue weighted by molar-refractivity contribution is 9.10. The third kappa shape index (κ3) is 2.17. The maximum absolute atomic E-state index is 12.2. The topological polar surface area (TPSA) is 47.2 Å². The van der Waals surface area contributed by atoms with Crippen LogP contribution < -0.4 is 5.32 Å². The van der Waals surface area contributed by atoms with Crippen LogP contribution in [0.5, 0.6) is 0 Å². The third-order valence-electron chi connectivity index (χ3n) is 3.00. The lowest BCUT2D eigenvalue weighted by atomic mass is 10.3. The first-order valence-electron chi connectivity index (χ1n) is 5.75. The summed E-state index contributed by atoms with van der Waals surface area (Å²) in [6, 6.07) is 11.0. The van der Waals surface area contributed by atoms with Gasteiger partial charge in [-0.3, -0.25) is 4.79 Å². The molecule has 1 amide bonds. The van der Waals surface area contributed by atoms with Gasteiger partial charge in [-0.25, -0.2) is 0 Å². The van der Waals surface area contributed by atoms with Gasteiger partial charge in [0.05, 0.1) is 11.8 Å². The van der Waals surface area contributed by atoms with Crippen LogP contribution in [0.25, 0.3) is 11.1 Å². The number of carbonyl (C=O) groups is 1. The van der Waals surface area contributed by atoms with Crippen molar-refractivity contribution in [2.24, 2.45) is 7.05 Å². The number of anilines is 1. The van der Waals surface area contributed by atoms with Crippen LogP contribution in [0, 0.1) is 0 Å². The molecule has 1 N–H and O–H groups in total. The Balaban J connectivity index is 1.89. The third-order valence-corrected chi connectivity index (χ3v) is 3.53. The van der Waals surface area contributed by atoms with Crippen molar-refractivity contribution < 1.29 is 9.21 Å². The van der Waals surface area contributed by atoms with Crippen LogP contribution >= 0.6 is 15.9 Å². The largest absolute Gasteiger partial charge is 0.463 e. The first-order chi connectivity index (χ1) is 9.15.